The lowest BCUT2D eigenvalue weighted by atomic mass is 10.2. The lowest BCUT2D eigenvalue weighted by Crippen LogP contribution is -1.90. The van der Waals surface area contributed by atoms with Gasteiger partial charge in [-0.05, 0) is 25.3 Å². The van der Waals surface area contributed by atoms with Gasteiger partial charge in [0.1, 0.15) is 11.0 Å². The summed E-state index contributed by atoms with van der Waals surface area (Å²) in [7, 11) is 2.02. The van der Waals surface area contributed by atoms with Crippen LogP contribution in [0.3, 0.4) is 0 Å². The van der Waals surface area contributed by atoms with E-state index in [0.29, 0.717) is 0 Å². The maximum absolute atomic E-state index is 4.61. The van der Waals surface area contributed by atoms with Gasteiger partial charge >= 0.3 is 0 Å². The average Bonchev–Trinajstić information content (AvgIpc) is 2.66. The summed E-state index contributed by atoms with van der Waals surface area (Å²) >= 11 is 1.64. The van der Waals surface area contributed by atoms with Crippen molar-refractivity contribution in [3.63, 3.8) is 0 Å². The molecule has 0 atom stereocenters. The molecule has 0 aliphatic rings. The van der Waals surface area contributed by atoms with Crippen molar-refractivity contribution in [3.8, 4) is 0 Å². The number of fused-ring (bicyclic) bond motifs is 3. The van der Waals surface area contributed by atoms with Crippen molar-refractivity contribution in [1.29, 1.82) is 0 Å². The molecule has 1 aromatic carbocycles. The van der Waals surface area contributed by atoms with Crippen LogP contribution in [0, 0.1) is 6.92 Å². The van der Waals surface area contributed by atoms with Gasteiger partial charge < -0.3 is 4.57 Å². The van der Waals surface area contributed by atoms with E-state index in [1.165, 1.54) is 0 Å². The van der Waals surface area contributed by atoms with Crippen LogP contribution in [0.25, 0.3) is 22.1 Å². The lowest BCUT2D eigenvalue weighted by molar-refractivity contribution is 0.817. The van der Waals surface area contributed by atoms with E-state index in [1.54, 1.807) is 18.0 Å². The zero-order chi connectivity index (χ0) is 12.0. The van der Waals surface area contributed by atoms with Crippen LogP contribution in [-0.4, -0.2) is 25.8 Å². The third-order valence-electron chi connectivity index (χ3n) is 2.82. The minimum atomic E-state index is 0.879. The highest BCUT2D eigenvalue weighted by Gasteiger charge is 2.11. The van der Waals surface area contributed by atoms with Gasteiger partial charge in [0.15, 0.2) is 5.16 Å². The Bertz CT molecular complexity index is 717. The second kappa shape index (κ2) is 3.70. The van der Waals surface area contributed by atoms with Crippen LogP contribution in [0.15, 0.2) is 23.5 Å². The van der Waals surface area contributed by atoms with Crippen molar-refractivity contribution in [2.75, 3.05) is 6.26 Å². The molecule has 4 nitrogen and oxygen atoms in total. The first kappa shape index (κ1) is 10.5. The topological polar surface area (TPSA) is 43.6 Å². The number of thioether (sulfide) groups is 1. The van der Waals surface area contributed by atoms with E-state index >= 15 is 0 Å². The maximum atomic E-state index is 4.61. The van der Waals surface area contributed by atoms with Crippen LogP contribution in [0.1, 0.15) is 5.69 Å². The van der Waals surface area contributed by atoms with E-state index in [0.717, 1.165) is 32.9 Å². The largest absolute Gasteiger partial charge is 0.322 e. The van der Waals surface area contributed by atoms with Crippen LogP contribution in [0.2, 0.25) is 0 Å². The number of aromatic nitrogens is 4. The van der Waals surface area contributed by atoms with Crippen molar-refractivity contribution in [1.82, 2.24) is 19.5 Å². The molecular formula is C12H12N4S. The first-order valence-corrected chi connectivity index (χ1v) is 6.56. The zero-order valence-corrected chi connectivity index (χ0v) is 10.7. The van der Waals surface area contributed by atoms with Crippen LogP contribution >= 0.6 is 11.8 Å². The molecule has 0 fully saturated rings. The van der Waals surface area contributed by atoms with Crippen molar-refractivity contribution in [3.05, 3.63) is 24.0 Å². The van der Waals surface area contributed by atoms with Crippen LogP contribution < -0.4 is 0 Å². The van der Waals surface area contributed by atoms with Crippen LogP contribution in [0.5, 0.6) is 0 Å². The standard InChI is InChI=1S/C12H12N4S/c1-7-6-13-10-8(14-7)4-5-9-11(10)15-12(17-3)16(9)2/h4-6H,1-3H3. The number of rotatable bonds is 1. The smallest absolute Gasteiger partial charge is 0.168 e. The molecule has 3 rings (SSSR count). The highest BCUT2D eigenvalue weighted by molar-refractivity contribution is 7.98. The van der Waals surface area contributed by atoms with Gasteiger partial charge in [-0.2, -0.15) is 0 Å². The Hall–Kier alpha value is -1.62. The molecule has 0 radical (unpaired) electrons. The number of aryl methyl sites for hydroxylation is 2. The Morgan fingerprint density at radius 3 is 2.76 bits per heavy atom. The van der Waals surface area contributed by atoms with Gasteiger partial charge in [0.25, 0.3) is 0 Å². The van der Waals surface area contributed by atoms with E-state index in [2.05, 4.69) is 25.6 Å². The number of hydrogen-bond donors (Lipinski definition) is 0. The third-order valence-corrected chi connectivity index (χ3v) is 3.55. The molecule has 0 bridgehead atoms. The molecule has 5 heteroatoms. The summed E-state index contributed by atoms with van der Waals surface area (Å²) in [5.41, 5.74) is 4.74. The molecule has 0 spiro atoms. The molecule has 0 aliphatic carbocycles. The average molecular weight is 244 g/mol. The second-order valence-electron chi connectivity index (χ2n) is 3.97. The quantitative estimate of drug-likeness (QED) is 0.617. The molecule has 17 heavy (non-hydrogen) atoms. The third kappa shape index (κ3) is 1.50. The number of imidazole rings is 1. The summed E-state index contributed by atoms with van der Waals surface area (Å²) in [6.07, 6.45) is 3.81. The fraction of sp³-hybridized carbons (Fsp3) is 0.250. The number of hydrogen-bond acceptors (Lipinski definition) is 4. The minimum Gasteiger partial charge on any atom is -0.322 e. The highest BCUT2D eigenvalue weighted by Crippen LogP contribution is 2.25. The Balaban J connectivity index is 2.47. The summed E-state index contributed by atoms with van der Waals surface area (Å²) in [6.45, 7) is 1.95. The molecule has 0 N–H and O–H groups in total. The Morgan fingerprint density at radius 2 is 2.00 bits per heavy atom. The minimum absolute atomic E-state index is 0.879. The van der Waals surface area contributed by atoms with Crippen LogP contribution in [-0.2, 0) is 7.05 Å². The molecular weight excluding hydrogens is 232 g/mol. The van der Waals surface area contributed by atoms with Gasteiger partial charge in [0.2, 0.25) is 0 Å². The van der Waals surface area contributed by atoms with E-state index in [4.69, 9.17) is 0 Å². The lowest BCUT2D eigenvalue weighted by Gasteiger charge is -2.00. The van der Waals surface area contributed by atoms with Gasteiger partial charge in [-0.15, -0.1) is 0 Å². The van der Waals surface area contributed by atoms with E-state index < -0.39 is 0 Å². The molecule has 2 aromatic heterocycles. The molecule has 0 amide bonds. The molecule has 2 heterocycles. The normalized spacial score (nSPS) is 11.5. The summed E-state index contributed by atoms with van der Waals surface area (Å²) in [4.78, 5) is 13.5. The monoisotopic (exact) mass is 244 g/mol. The number of benzene rings is 1. The fourth-order valence-corrected chi connectivity index (χ4v) is 2.54. The maximum Gasteiger partial charge on any atom is 0.168 e. The predicted molar refractivity (Wildman–Crippen MR) is 70.3 cm³/mol. The Morgan fingerprint density at radius 1 is 1.18 bits per heavy atom. The highest BCUT2D eigenvalue weighted by atomic mass is 32.2. The summed E-state index contributed by atoms with van der Waals surface area (Å²) in [6, 6.07) is 4.06. The van der Waals surface area contributed by atoms with E-state index in [1.807, 2.05) is 26.3 Å². The van der Waals surface area contributed by atoms with E-state index in [9.17, 15) is 0 Å². The second-order valence-corrected chi connectivity index (χ2v) is 4.74. The SMILES string of the molecule is CSc1nc2c3ncc(C)nc3ccc2n1C. The van der Waals surface area contributed by atoms with Crippen molar-refractivity contribution >= 4 is 33.8 Å². The summed E-state index contributed by atoms with van der Waals surface area (Å²) in [5, 5.41) is 0.995. The van der Waals surface area contributed by atoms with Gasteiger partial charge in [0, 0.05) is 13.2 Å². The molecule has 3 aromatic rings. The number of nitrogens with zero attached hydrogens (tertiary/aromatic N) is 4. The Labute approximate surface area is 103 Å². The molecule has 0 aliphatic heterocycles. The molecule has 86 valence electrons. The predicted octanol–water partition coefficient (Wildman–Crippen LogP) is 2.55. The first-order chi connectivity index (χ1) is 8.20. The molecule has 0 unspecified atom stereocenters. The van der Waals surface area contributed by atoms with Gasteiger partial charge in [-0.1, -0.05) is 11.8 Å². The van der Waals surface area contributed by atoms with Crippen molar-refractivity contribution < 1.29 is 0 Å². The van der Waals surface area contributed by atoms with Crippen molar-refractivity contribution in [2.45, 2.75) is 12.1 Å². The first-order valence-electron chi connectivity index (χ1n) is 5.33. The van der Waals surface area contributed by atoms with E-state index in [-0.39, 0.29) is 0 Å². The fourth-order valence-electron chi connectivity index (χ4n) is 1.99. The van der Waals surface area contributed by atoms with Gasteiger partial charge in [-0.3, -0.25) is 4.98 Å². The Kier molecular flexibility index (Phi) is 2.29. The summed E-state index contributed by atoms with van der Waals surface area (Å²) < 4.78 is 2.08. The van der Waals surface area contributed by atoms with Crippen molar-refractivity contribution in [2.24, 2.45) is 7.05 Å². The molecule has 0 saturated heterocycles. The summed E-state index contributed by atoms with van der Waals surface area (Å²) in [5.74, 6) is 0. The van der Waals surface area contributed by atoms with Gasteiger partial charge in [0.05, 0.1) is 16.7 Å². The van der Waals surface area contributed by atoms with Gasteiger partial charge in [-0.25, -0.2) is 9.97 Å². The molecule has 0 saturated carbocycles. The van der Waals surface area contributed by atoms with Crippen LogP contribution in [0.4, 0.5) is 0 Å². The zero-order valence-electron chi connectivity index (χ0n) is 9.93.